The maximum atomic E-state index is 6.25. The summed E-state index contributed by atoms with van der Waals surface area (Å²) in [5, 5.41) is 3.17. The normalized spacial score (nSPS) is 12.6. The Morgan fingerprint density at radius 3 is 2.94 bits per heavy atom. The third-order valence-electron chi connectivity index (χ3n) is 2.78. The summed E-state index contributed by atoms with van der Waals surface area (Å²) < 4.78 is 0. The third-order valence-corrected chi connectivity index (χ3v) is 3.77. The minimum absolute atomic E-state index is 0.0125. The van der Waals surface area contributed by atoms with E-state index in [9.17, 15) is 0 Å². The Hall–Kier alpha value is -1.26. The van der Waals surface area contributed by atoms with Crippen LogP contribution < -0.4 is 5.73 Å². The van der Waals surface area contributed by atoms with Crippen LogP contribution in [0.5, 0.6) is 0 Å². The maximum Gasteiger partial charge on any atom is 0.0947 e. The van der Waals surface area contributed by atoms with E-state index in [0.29, 0.717) is 0 Å². The molecule has 0 saturated carbocycles. The molecule has 1 atom stereocenters. The van der Waals surface area contributed by atoms with Crippen LogP contribution in [0.15, 0.2) is 23.8 Å². The standard InChI is InChI=1S/C13H17N3S/c1-3-10-7-15-5-4-11(10)12(14)6-13-16-9(2)8-17-13/h4-5,7-8,12H,3,6,14H2,1-2H3. The van der Waals surface area contributed by atoms with Crippen molar-refractivity contribution in [3.63, 3.8) is 0 Å². The molecule has 0 spiro atoms. The Balaban J connectivity index is 2.16. The molecule has 0 aliphatic carbocycles. The van der Waals surface area contributed by atoms with Gasteiger partial charge in [0.25, 0.3) is 0 Å². The van der Waals surface area contributed by atoms with E-state index in [2.05, 4.69) is 22.3 Å². The van der Waals surface area contributed by atoms with Crippen molar-refractivity contribution in [2.75, 3.05) is 0 Å². The molecule has 1 unspecified atom stereocenters. The number of pyridine rings is 1. The minimum Gasteiger partial charge on any atom is -0.324 e. The van der Waals surface area contributed by atoms with Crippen molar-refractivity contribution >= 4 is 11.3 Å². The largest absolute Gasteiger partial charge is 0.324 e. The van der Waals surface area contributed by atoms with Crippen LogP contribution in [0.4, 0.5) is 0 Å². The molecule has 0 saturated heterocycles. The number of aromatic nitrogens is 2. The van der Waals surface area contributed by atoms with Crippen LogP contribution in [-0.2, 0) is 12.8 Å². The second-order valence-electron chi connectivity index (χ2n) is 4.12. The first-order chi connectivity index (χ1) is 8.20. The lowest BCUT2D eigenvalue weighted by Crippen LogP contribution is -2.15. The summed E-state index contributed by atoms with van der Waals surface area (Å²) in [7, 11) is 0. The average Bonchev–Trinajstić information content (AvgIpc) is 2.74. The van der Waals surface area contributed by atoms with E-state index >= 15 is 0 Å². The number of rotatable bonds is 4. The molecule has 2 heterocycles. The van der Waals surface area contributed by atoms with Crippen LogP contribution in [0, 0.1) is 6.92 Å². The van der Waals surface area contributed by atoms with Gasteiger partial charge in [-0.25, -0.2) is 4.98 Å². The van der Waals surface area contributed by atoms with E-state index < -0.39 is 0 Å². The fourth-order valence-corrected chi connectivity index (χ4v) is 2.72. The Labute approximate surface area is 106 Å². The minimum atomic E-state index is 0.0125. The van der Waals surface area contributed by atoms with Gasteiger partial charge in [-0.1, -0.05) is 6.92 Å². The number of hydrogen-bond donors (Lipinski definition) is 1. The van der Waals surface area contributed by atoms with Gasteiger partial charge in [-0.2, -0.15) is 0 Å². The second kappa shape index (κ2) is 5.38. The van der Waals surface area contributed by atoms with Crippen LogP contribution >= 0.6 is 11.3 Å². The molecular formula is C13H17N3S. The molecule has 2 aromatic rings. The predicted molar refractivity (Wildman–Crippen MR) is 71.1 cm³/mol. The first-order valence-corrected chi connectivity index (χ1v) is 6.68. The maximum absolute atomic E-state index is 6.25. The van der Waals surface area contributed by atoms with Crippen LogP contribution in [-0.4, -0.2) is 9.97 Å². The number of aryl methyl sites for hydroxylation is 2. The summed E-state index contributed by atoms with van der Waals surface area (Å²) in [6.45, 7) is 4.14. The highest BCUT2D eigenvalue weighted by molar-refractivity contribution is 7.09. The smallest absolute Gasteiger partial charge is 0.0947 e. The summed E-state index contributed by atoms with van der Waals surface area (Å²) in [6.07, 6.45) is 5.48. The third kappa shape index (κ3) is 2.90. The van der Waals surface area contributed by atoms with Gasteiger partial charge in [0, 0.05) is 35.9 Å². The van der Waals surface area contributed by atoms with Crippen molar-refractivity contribution in [2.24, 2.45) is 5.73 Å². The number of nitrogens with two attached hydrogens (primary N) is 1. The first-order valence-electron chi connectivity index (χ1n) is 5.80. The van der Waals surface area contributed by atoms with Gasteiger partial charge in [-0.3, -0.25) is 4.98 Å². The SMILES string of the molecule is CCc1cnccc1C(N)Cc1nc(C)cs1. The van der Waals surface area contributed by atoms with Crippen molar-refractivity contribution in [1.82, 2.24) is 9.97 Å². The lowest BCUT2D eigenvalue weighted by molar-refractivity contribution is 0.705. The molecule has 0 amide bonds. The van der Waals surface area contributed by atoms with Gasteiger partial charge in [-0.05, 0) is 30.5 Å². The summed E-state index contributed by atoms with van der Waals surface area (Å²) in [5.41, 5.74) is 9.74. The lowest BCUT2D eigenvalue weighted by atomic mass is 9.99. The molecule has 0 aliphatic rings. The zero-order chi connectivity index (χ0) is 12.3. The van der Waals surface area contributed by atoms with Gasteiger partial charge in [0.2, 0.25) is 0 Å². The predicted octanol–water partition coefficient (Wildman–Crippen LogP) is 2.65. The highest BCUT2D eigenvalue weighted by Gasteiger charge is 2.12. The molecule has 2 rings (SSSR count). The van der Waals surface area contributed by atoms with E-state index in [1.165, 1.54) is 11.1 Å². The van der Waals surface area contributed by atoms with Gasteiger partial charge >= 0.3 is 0 Å². The Morgan fingerprint density at radius 1 is 1.47 bits per heavy atom. The summed E-state index contributed by atoms with van der Waals surface area (Å²) in [6, 6.07) is 2.03. The molecular weight excluding hydrogens is 230 g/mol. The van der Waals surface area contributed by atoms with Crippen LogP contribution in [0.3, 0.4) is 0 Å². The molecule has 2 N–H and O–H groups in total. The highest BCUT2D eigenvalue weighted by atomic mass is 32.1. The first kappa shape index (κ1) is 12.2. The van der Waals surface area contributed by atoms with Gasteiger partial charge in [0.05, 0.1) is 5.01 Å². The Kier molecular flexibility index (Phi) is 3.86. The molecule has 17 heavy (non-hydrogen) atoms. The topological polar surface area (TPSA) is 51.8 Å². The van der Waals surface area contributed by atoms with Crippen molar-refractivity contribution < 1.29 is 0 Å². The fraction of sp³-hybridized carbons (Fsp3) is 0.385. The van der Waals surface area contributed by atoms with Gasteiger partial charge in [0.1, 0.15) is 0 Å². The Bertz CT molecular complexity index is 493. The molecule has 3 nitrogen and oxygen atoms in total. The van der Waals surface area contributed by atoms with E-state index in [4.69, 9.17) is 5.73 Å². The zero-order valence-electron chi connectivity index (χ0n) is 10.2. The quantitative estimate of drug-likeness (QED) is 0.903. The van der Waals surface area contributed by atoms with Crippen LogP contribution in [0.1, 0.15) is 34.8 Å². The summed E-state index contributed by atoms with van der Waals surface area (Å²) in [4.78, 5) is 8.60. The summed E-state index contributed by atoms with van der Waals surface area (Å²) in [5.74, 6) is 0. The van der Waals surface area contributed by atoms with Crippen molar-refractivity contribution in [3.05, 3.63) is 45.7 Å². The fourth-order valence-electron chi connectivity index (χ4n) is 1.89. The molecule has 90 valence electrons. The number of thiazole rings is 1. The van der Waals surface area contributed by atoms with Crippen LogP contribution in [0.25, 0.3) is 0 Å². The molecule has 0 radical (unpaired) electrons. The van der Waals surface area contributed by atoms with Gasteiger partial charge in [-0.15, -0.1) is 11.3 Å². The van der Waals surface area contributed by atoms with E-state index in [1.54, 1.807) is 17.5 Å². The summed E-state index contributed by atoms with van der Waals surface area (Å²) >= 11 is 1.68. The lowest BCUT2D eigenvalue weighted by Gasteiger charge is -2.13. The molecule has 0 aromatic carbocycles. The van der Waals surface area contributed by atoms with E-state index in [0.717, 1.165) is 23.5 Å². The molecule has 0 fully saturated rings. The average molecular weight is 247 g/mol. The molecule has 2 aromatic heterocycles. The second-order valence-corrected chi connectivity index (χ2v) is 5.06. The zero-order valence-corrected chi connectivity index (χ0v) is 11.0. The number of hydrogen-bond acceptors (Lipinski definition) is 4. The monoisotopic (exact) mass is 247 g/mol. The number of nitrogens with zero attached hydrogens (tertiary/aromatic N) is 2. The van der Waals surface area contributed by atoms with Crippen molar-refractivity contribution in [1.29, 1.82) is 0 Å². The van der Waals surface area contributed by atoms with Gasteiger partial charge in [0.15, 0.2) is 0 Å². The molecule has 0 aliphatic heterocycles. The highest BCUT2D eigenvalue weighted by Crippen LogP contribution is 2.21. The van der Waals surface area contributed by atoms with Crippen molar-refractivity contribution in [3.8, 4) is 0 Å². The Morgan fingerprint density at radius 2 is 2.29 bits per heavy atom. The van der Waals surface area contributed by atoms with Crippen LogP contribution in [0.2, 0.25) is 0 Å². The molecule has 0 bridgehead atoms. The van der Waals surface area contributed by atoms with Crippen molar-refractivity contribution in [2.45, 2.75) is 32.7 Å². The van der Waals surface area contributed by atoms with E-state index in [-0.39, 0.29) is 6.04 Å². The molecule has 4 heteroatoms. The van der Waals surface area contributed by atoms with E-state index in [1.807, 2.05) is 19.2 Å². The van der Waals surface area contributed by atoms with Gasteiger partial charge < -0.3 is 5.73 Å².